The van der Waals surface area contributed by atoms with Crippen LogP contribution in [0.15, 0.2) is 24.4 Å². The molecule has 2 aromatic rings. The van der Waals surface area contributed by atoms with E-state index in [0.29, 0.717) is 16.4 Å². The van der Waals surface area contributed by atoms with Crippen LogP contribution in [0.1, 0.15) is 5.69 Å². The first-order valence-electron chi connectivity index (χ1n) is 5.32. The molecular formula is C11H10ClIN4O2. The maximum atomic E-state index is 10.7. The average Bonchev–Trinajstić information content (AvgIpc) is 2.80. The van der Waals surface area contributed by atoms with Gasteiger partial charge in [0.2, 0.25) is 0 Å². The van der Waals surface area contributed by atoms with Crippen LogP contribution in [-0.4, -0.2) is 32.1 Å². The molecule has 0 aliphatic rings. The van der Waals surface area contributed by atoms with Gasteiger partial charge in [0, 0.05) is 9.99 Å². The van der Waals surface area contributed by atoms with E-state index in [-0.39, 0.29) is 6.42 Å². The Morgan fingerprint density at radius 2 is 2.32 bits per heavy atom. The van der Waals surface area contributed by atoms with Crippen LogP contribution in [0.25, 0.3) is 5.69 Å². The molecule has 1 heterocycles. The summed E-state index contributed by atoms with van der Waals surface area (Å²) < 4.78 is 2.52. The minimum Gasteiger partial charge on any atom is -0.480 e. The largest absolute Gasteiger partial charge is 0.480 e. The monoisotopic (exact) mass is 392 g/mol. The molecule has 6 nitrogen and oxygen atoms in total. The fourth-order valence-corrected chi connectivity index (χ4v) is 2.16. The van der Waals surface area contributed by atoms with Crippen LogP contribution in [-0.2, 0) is 11.2 Å². The summed E-state index contributed by atoms with van der Waals surface area (Å²) in [6.07, 6.45) is 1.75. The molecule has 8 heteroatoms. The number of nitrogens with zero attached hydrogens (tertiary/aromatic N) is 3. The molecule has 19 heavy (non-hydrogen) atoms. The first-order chi connectivity index (χ1) is 8.97. The van der Waals surface area contributed by atoms with Gasteiger partial charge >= 0.3 is 5.97 Å². The Morgan fingerprint density at radius 3 is 3.00 bits per heavy atom. The number of aliphatic carboxylic acids is 1. The number of benzene rings is 1. The van der Waals surface area contributed by atoms with E-state index in [2.05, 4.69) is 32.9 Å². The van der Waals surface area contributed by atoms with Crippen LogP contribution in [0.5, 0.6) is 0 Å². The van der Waals surface area contributed by atoms with Crippen molar-refractivity contribution in [3.8, 4) is 5.69 Å². The van der Waals surface area contributed by atoms with E-state index in [1.165, 1.54) is 4.68 Å². The molecule has 0 saturated heterocycles. The molecule has 0 spiro atoms. The van der Waals surface area contributed by atoms with Crippen LogP contribution in [0, 0.1) is 3.57 Å². The highest BCUT2D eigenvalue weighted by Gasteiger charge is 2.15. The van der Waals surface area contributed by atoms with Crippen molar-refractivity contribution in [2.24, 2.45) is 5.73 Å². The van der Waals surface area contributed by atoms with Crippen molar-refractivity contribution in [1.29, 1.82) is 0 Å². The van der Waals surface area contributed by atoms with E-state index in [4.69, 9.17) is 22.4 Å². The normalized spacial score (nSPS) is 12.4. The van der Waals surface area contributed by atoms with Crippen LogP contribution in [0.3, 0.4) is 0 Å². The van der Waals surface area contributed by atoms with Crippen molar-refractivity contribution in [1.82, 2.24) is 15.0 Å². The Bertz CT molecular complexity index is 616. The van der Waals surface area contributed by atoms with Crippen molar-refractivity contribution in [2.75, 3.05) is 0 Å². The highest BCUT2D eigenvalue weighted by molar-refractivity contribution is 14.1. The lowest BCUT2D eigenvalue weighted by Crippen LogP contribution is -2.32. The van der Waals surface area contributed by atoms with Gasteiger partial charge < -0.3 is 10.8 Å². The van der Waals surface area contributed by atoms with Crippen molar-refractivity contribution < 1.29 is 9.90 Å². The van der Waals surface area contributed by atoms with Crippen molar-refractivity contribution >= 4 is 40.2 Å². The molecule has 2 rings (SSSR count). The molecule has 0 aliphatic carbocycles. The van der Waals surface area contributed by atoms with Gasteiger partial charge in [-0.15, -0.1) is 5.10 Å². The standard InChI is InChI=1S/C11H10ClIN4O2/c12-8-2-1-6(13)3-10(8)17-5-7(15-16-17)4-9(14)11(18)19/h1-3,5,9H,4,14H2,(H,18,19). The van der Waals surface area contributed by atoms with Gasteiger partial charge in [0.05, 0.1) is 22.6 Å². The molecule has 1 atom stereocenters. The first-order valence-corrected chi connectivity index (χ1v) is 6.78. The molecule has 0 bridgehead atoms. The third-order valence-electron chi connectivity index (χ3n) is 2.44. The number of carboxylic acid groups (broad SMARTS) is 1. The zero-order chi connectivity index (χ0) is 14.0. The Balaban J connectivity index is 2.26. The molecule has 100 valence electrons. The minimum absolute atomic E-state index is 0.122. The zero-order valence-electron chi connectivity index (χ0n) is 9.62. The third kappa shape index (κ3) is 3.43. The number of halogens is 2. The Morgan fingerprint density at radius 1 is 1.58 bits per heavy atom. The Labute approximate surface area is 127 Å². The SMILES string of the molecule is NC(Cc1cn(-c2cc(I)ccc2Cl)nn1)C(=O)O. The van der Waals surface area contributed by atoms with Gasteiger partial charge in [0.1, 0.15) is 6.04 Å². The van der Waals surface area contributed by atoms with Crippen molar-refractivity contribution in [3.05, 3.63) is 38.7 Å². The van der Waals surface area contributed by atoms with E-state index >= 15 is 0 Å². The summed E-state index contributed by atoms with van der Waals surface area (Å²) in [4.78, 5) is 10.7. The Hall–Kier alpha value is -1.19. The maximum absolute atomic E-state index is 10.7. The molecule has 3 N–H and O–H groups in total. The highest BCUT2D eigenvalue weighted by atomic mass is 127. The number of hydrogen-bond donors (Lipinski definition) is 2. The van der Waals surface area contributed by atoms with Gasteiger partial charge in [-0.25, -0.2) is 4.68 Å². The van der Waals surface area contributed by atoms with Gasteiger partial charge in [-0.2, -0.15) is 0 Å². The lowest BCUT2D eigenvalue weighted by atomic mass is 10.2. The lowest BCUT2D eigenvalue weighted by Gasteiger charge is -2.04. The molecule has 1 aromatic carbocycles. The van der Waals surface area contributed by atoms with Crippen molar-refractivity contribution in [2.45, 2.75) is 12.5 Å². The van der Waals surface area contributed by atoms with E-state index in [0.717, 1.165) is 3.57 Å². The smallest absolute Gasteiger partial charge is 0.320 e. The number of carbonyl (C=O) groups is 1. The molecule has 0 radical (unpaired) electrons. The molecule has 0 amide bonds. The van der Waals surface area contributed by atoms with Crippen LogP contribution < -0.4 is 5.73 Å². The molecule has 0 aliphatic heterocycles. The topological polar surface area (TPSA) is 94.0 Å². The second-order valence-electron chi connectivity index (χ2n) is 3.90. The summed E-state index contributed by atoms with van der Waals surface area (Å²) in [7, 11) is 0. The molecular weight excluding hydrogens is 383 g/mol. The average molecular weight is 393 g/mol. The number of aromatic nitrogens is 3. The fraction of sp³-hybridized carbons (Fsp3) is 0.182. The predicted octanol–water partition coefficient (Wildman–Crippen LogP) is 1.48. The highest BCUT2D eigenvalue weighted by Crippen LogP contribution is 2.22. The van der Waals surface area contributed by atoms with Crippen LogP contribution >= 0.6 is 34.2 Å². The summed E-state index contributed by atoms with van der Waals surface area (Å²) in [5.41, 5.74) is 6.64. The molecule has 1 unspecified atom stereocenters. The maximum Gasteiger partial charge on any atom is 0.320 e. The number of hydrogen-bond acceptors (Lipinski definition) is 4. The van der Waals surface area contributed by atoms with E-state index in [1.807, 2.05) is 12.1 Å². The van der Waals surface area contributed by atoms with Gasteiger partial charge in [-0.05, 0) is 40.8 Å². The van der Waals surface area contributed by atoms with E-state index in [1.54, 1.807) is 12.3 Å². The van der Waals surface area contributed by atoms with E-state index in [9.17, 15) is 4.79 Å². The minimum atomic E-state index is -1.07. The first kappa shape index (κ1) is 14.2. The van der Waals surface area contributed by atoms with Crippen molar-refractivity contribution in [3.63, 3.8) is 0 Å². The van der Waals surface area contributed by atoms with E-state index < -0.39 is 12.0 Å². The van der Waals surface area contributed by atoms with Gasteiger partial charge in [-0.3, -0.25) is 4.79 Å². The summed E-state index contributed by atoms with van der Waals surface area (Å²) >= 11 is 8.25. The third-order valence-corrected chi connectivity index (χ3v) is 3.43. The Kier molecular flexibility index (Phi) is 4.38. The number of carboxylic acids is 1. The number of nitrogens with two attached hydrogens (primary N) is 1. The zero-order valence-corrected chi connectivity index (χ0v) is 12.5. The second-order valence-corrected chi connectivity index (χ2v) is 5.55. The number of rotatable bonds is 4. The second kappa shape index (κ2) is 5.85. The van der Waals surface area contributed by atoms with Gasteiger partial charge in [0.15, 0.2) is 0 Å². The summed E-state index contributed by atoms with van der Waals surface area (Å²) in [6.45, 7) is 0. The quantitative estimate of drug-likeness (QED) is 0.769. The molecule has 0 saturated carbocycles. The summed E-state index contributed by atoms with van der Waals surface area (Å²) in [5.74, 6) is -1.07. The van der Waals surface area contributed by atoms with Gasteiger partial charge in [-0.1, -0.05) is 16.8 Å². The van der Waals surface area contributed by atoms with Crippen LogP contribution in [0.2, 0.25) is 5.02 Å². The molecule has 1 aromatic heterocycles. The lowest BCUT2D eigenvalue weighted by molar-refractivity contribution is -0.138. The summed E-state index contributed by atoms with van der Waals surface area (Å²) in [5, 5.41) is 17.1. The van der Waals surface area contributed by atoms with Crippen LogP contribution in [0.4, 0.5) is 0 Å². The summed E-state index contributed by atoms with van der Waals surface area (Å²) in [6, 6.07) is 4.52. The predicted molar refractivity (Wildman–Crippen MR) is 78.4 cm³/mol. The fourth-order valence-electron chi connectivity index (χ4n) is 1.48. The van der Waals surface area contributed by atoms with Gasteiger partial charge in [0.25, 0.3) is 0 Å². The molecule has 0 fully saturated rings.